The van der Waals surface area contributed by atoms with E-state index in [2.05, 4.69) is 11.9 Å². The predicted molar refractivity (Wildman–Crippen MR) is 82.0 cm³/mol. The lowest BCUT2D eigenvalue weighted by molar-refractivity contribution is -0.118. The van der Waals surface area contributed by atoms with Gasteiger partial charge < -0.3 is 4.90 Å². The van der Waals surface area contributed by atoms with Crippen LogP contribution in [-0.4, -0.2) is 17.4 Å². The van der Waals surface area contributed by atoms with Crippen molar-refractivity contribution in [2.75, 3.05) is 11.4 Å². The molecule has 0 aliphatic rings. The van der Waals surface area contributed by atoms with Crippen molar-refractivity contribution in [3.05, 3.63) is 59.4 Å². The van der Waals surface area contributed by atoms with E-state index in [0.29, 0.717) is 18.0 Å². The maximum Gasteiger partial charge on any atom is 0.231 e. The first-order chi connectivity index (χ1) is 9.70. The fourth-order valence-corrected chi connectivity index (χ4v) is 2.26. The van der Waals surface area contributed by atoms with Gasteiger partial charge in [-0.15, -0.1) is 0 Å². The highest BCUT2D eigenvalue weighted by molar-refractivity contribution is 6.30. The van der Waals surface area contributed by atoms with Gasteiger partial charge in [0, 0.05) is 17.8 Å². The van der Waals surface area contributed by atoms with Crippen LogP contribution >= 0.6 is 11.6 Å². The number of pyridine rings is 1. The third kappa shape index (κ3) is 3.81. The SMILES string of the molecule is CCCN(C(=O)Cc1cccc(Cl)c1)c1cccnc1. The first-order valence-electron chi connectivity index (χ1n) is 6.65. The zero-order chi connectivity index (χ0) is 14.4. The molecule has 0 N–H and O–H groups in total. The van der Waals surface area contributed by atoms with Crippen LogP contribution in [0.5, 0.6) is 0 Å². The van der Waals surface area contributed by atoms with Crippen molar-refractivity contribution in [3.63, 3.8) is 0 Å². The highest BCUT2D eigenvalue weighted by Crippen LogP contribution is 2.16. The first-order valence-corrected chi connectivity index (χ1v) is 7.03. The van der Waals surface area contributed by atoms with Crippen molar-refractivity contribution in [1.29, 1.82) is 0 Å². The molecule has 0 spiro atoms. The average molecular weight is 289 g/mol. The summed E-state index contributed by atoms with van der Waals surface area (Å²) in [6.07, 6.45) is 4.66. The Morgan fingerprint density at radius 1 is 1.30 bits per heavy atom. The van der Waals surface area contributed by atoms with Crippen LogP contribution in [-0.2, 0) is 11.2 Å². The van der Waals surface area contributed by atoms with Gasteiger partial charge in [0.25, 0.3) is 0 Å². The molecule has 0 saturated carbocycles. The Morgan fingerprint density at radius 3 is 2.80 bits per heavy atom. The summed E-state index contributed by atoms with van der Waals surface area (Å²) in [5.74, 6) is 0.0575. The van der Waals surface area contributed by atoms with E-state index in [-0.39, 0.29) is 5.91 Å². The highest BCUT2D eigenvalue weighted by Gasteiger charge is 2.15. The fourth-order valence-electron chi connectivity index (χ4n) is 2.05. The number of nitrogens with zero attached hydrogens (tertiary/aromatic N) is 2. The molecule has 0 bridgehead atoms. The van der Waals surface area contributed by atoms with E-state index >= 15 is 0 Å². The standard InChI is InChI=1S/C16H17ClN2O/c1-2-9-19(15-7-4-8-18-12-15)16(20)11-13-5-3-6-14(17)10-13/h3-8,10,12H,2,9,11H2,1H3. The summed E-state index contributed by atoms with van der Waals surface area (Å²) < 4.78 is 0. The maximum atomic E-state index is 12.5. The Hall–Kier alpha value is -1.87. The second-order valence-corrected chi connectivity index (χ2v) is 5.00. The van der Waals surface area contributed by atoms with Gasteiger partial charge in [-0.1, -0.05) is 30.7 Å². The van der Waals surface area contributed by atoms with Gasteiger partial charge in [-0.25, -0.2) is 0 Å². The monoisotopic (exact) mass is 288 g/mol. The number of rotatable bonds is 5. The number of hydrogen-bond donors (Lipinski definition) is 0. The molecule has 0 aliphatic heterocycles. The summed E-state index contributed by atoms with van der Waals surface area (Å²) in [7, 11) is 0. The number of anilines is 1. The van der Waals surface area contributed by atoms with Crippen LogP contribution in [0.1, 0.15) is 18.9 Å². The van der Waals surface area contributed by atoms with E-state index in [1.165, 1.54) is 0 Å². The van der Waals surface area contributed by atoms with E-state index < -0.39 is 0 Å². The minimum Gasteiger partial charge on any atom is -0.311 e. The average Bonchev–Trinajstić information content (AvgIpc) is 2.45. The molecule has 0 radical (unpaired) electrons. The van der Waals surface area contributed by atoms with Gasteiger partial charge >= 0.3 is 0 Å². The number of amides is 1. The molecule has 20 heavy (non-hydrogen) atoms. The van der Waals surface area contributed by atoms with Crippen molar-refractivity contribution >= 4 is 23.2 Å². The molecular formula is C16H17ClN2O. The van der Waals surface area contributed by atoms with Crippen LogP contribution in [0.3, 0.4) is 0 Å². The molecule has 1 aromatic heterocycles. The Morgan fingerprint density at radius 2 is 2.15 bits per heavy atom. The minimum absolute atomic E-state index is 0.0575. The Labute approximate surface area is 124 Å². The summed E-state index contributed by atoms with van der Waals surface area (Å²) in [6, 6.07) is 11.1. The summed E-state index contributed by atoms with van der Waals surface area (Å²) in [5.41, 5.74) is 1.76. The molecule has 0 unspecified atom stereocenters. The number of aromatic nitrogens is 1. The van der Waals surface area contributed by atoms with Gasteiger partial charge in [0.05, 0.1) is 18.3 Å². The molecule has 2 rings (SSSR count). The van der Waals surface area contributed by atoms with Crippen LogP contribution in [0.2, 0.25) is 5.02 Å². The van der Waals surface area contributed by atoms with Gasteiger partial charge in [0.1, 0.15) is 0 Å². The van der Waals surface area contributed by atoms with Gasteiger partial charge in [0.15, 0.2) is 0 Å². The second kappa shape index (κ2) is 7.06. The summed E-state index contributed by atoms with van der Waals surface area (Å²) >= 11 is 5.95. The van der Waals surface area contributed by atoms with E-state index in [1.54, 1.807) is 23.4 Å². The summed E-state index contributed by atoms with van der Waals surface area (Å²) in [6.45, 7) is 2.74. The van der Waals surface area contributed by atoms with Crippen LogP contribution in [0.25, 0.3) is 0 Å². The lowest BCUT2D eigenvalue weighted by atomic mass is 10.1. The number of carbonyl (C=O) groups is 1. The number of benzene rings is 1. The minimum atomic E-state index is 0.0575. The van der Waals surface area contributed by atoms with Crippen LogP contribution < -0.4 is 4.90 Å². The van der Waals surface area contributed by atoms with E-state index in [0.717, 1.165) is 17.7 Å². The quantitative estimate of drug-likeness (QED) is 0.840. The Kier molecular flexibility index (Phi) is 5.13. The van der Waals surface area contributed by atoms with Crippen molar-refractivity contribution in [3.8, 4) is 0 Å². The molecule has 4 heteroatoms. The molecule has 0 aliphatic carbocycles. The largest absolute Gasteiger partial charge is 0.311 e. The second-order valence-electron chi connectivity index (χ2n) is 4.56. The molecule has 2 aromatic rings. The zero-order valence-electron chi connectivity index (χ0n) is 11.4. The van der Waals surface area contributed by atoms with Gasteiger partial charge in [-0.3, -0.25) is 9.78 Å². The van der Waals surface area contributed by atoms with Crippen LogP contribution in [0.4, 0.5) is 5.69 Å². The smallest absolute Gasteiger partial charge is 0.231 e. The number of hydrogen-bond acceptors (Lipinski definition) is 2. The normalized spacial score (nSPS) is 10.3. The molecule has 104 valence electrons. The summed E-state index contributed by atoms with van der Waals surface area (Å²) in [5, 5.41) is 0.652. The molecule has 1 amide bonds. The maximum absolute atomic E-state index is 12.5. The zero-order valence-corrected chi connectivity index (χ0v) is 12.2. The number of carbonyl (C=O) groups excluding carboxylic acids is 1. The van der Waals surface area contributed by atoms with Crippen LogP contribution in [0.15, 0.2) is 48.8 Å². The predicted octanol–water partition coefficient (Wildman–Crippen LogP) is 3.72. The van der Waals surface area contributed by atoms with Crippen molar-refractivity contribution in [1.82, 2.24) is 4.98 Å². The molecule has 0 saturated heterocycles. The fraction of sp³-hybridized carbons (Fsp3) is 0.250. The lowest BCUT2D eigenvalue weighted by Crippen LogP contribution is -2.33. The molecule has 1 heterocycles. The van der Waals surface area contributed by atoms with Crippen molar-refractivity contribution in [2.45, 2.75) is 19.8 Å². The van der Waals surface area contributed by atoms with Gasteiger partial charge in [0.2, 0.25) is 5.91 Å². The molecule has 1 aromatic carbocycles. The topological polar surface area (TPSA) is 33.2 Å². The highest BCUT2D eigenvalue weighted by atomic mass is 35.5. The van der Waals surface area contributed by atoms with Gasteiger partial charge in [-0.05, 0) is 36.2 Å². The lowest BCUT2D eigenvalue weighted by Gasteiger charge is -2.22. The van der Waals surface area contributed by atoms with E-state index in [1.807, 2.05) is 30.3 Å². The van der Waals surface area contributed by atoms with Crippen molar-refractivity contribution in [2.24, 2.45) is 0 Å². The Bertz CT molecular complexity index is 572. The third-order valence-corrected chi connectivity index (χ3v) is 3.19. The van der Waals surface area contributed by atoms with Crippen LogP contribution in [0, 0.1) is 0 Å². The number of halogens is 1. The molecule has 0 atom stereocenters. The molecule has 3 nitrogen and oxygen atoms in total. The first kappa shape index (κ1) is 14.5. The van der Waals surface area contributed by atoms with Crippen molar-refractivity contribution < 1.29 is 4.79 Å². The van der Waals surface area contributed by atoms with E-state index in [9.17, 15) is 4.79 Å². The third-order valence-electron chi connectivity index (χ3n) is 2.95. The molecule has 0 fully saturated rings. The Balaban J connectivity index is 2.15. The summed E-state index contributed by atoms with van der Waals surface area (Å²) in [4.78, 5) is 18.3. The van der Waals surface area contributed by atoms with Gasteiger partial charge in [-0.2, -0.15) is 0 Å². The van der Waals surface area contributed by atoms with E-state index in [4.69, 9.17) is 11.6 Å². The molecular weight excluding hydrogens is 272 g/mol.